The zero-order chi connectivity index (χ0) is 14.0. The number of halogens is 3. The second kappa shape index (κ2) is 5.04. The maximum atomic E-state index is 12.0. The van der Waals surface area contributed by atoms with E-state index in [-0.39, 0.29) is 12.5 Å². The van der Waals surface area contributed by atoms with E-state index >= 15 is 0 Å². The molecule has 1 aliphatic rings. The highest BCUT2D eigenvalue weighted by atomic mass is 19.4. The van der Waals surface area contributed by atoms with Gasteiger partial charge < -0.3 is 10.4 Å². The second-order valence-corrected chi connectivity index (χ2v) is 4.55. The van der Waals surface area contributed by atoms with E-state index in [1.54, 1.807) is 19.1 Å². The molecule has 3 nitrogen and oxygen atoms in total. The number of carbonyl (C=O) groups is 1. The standard InChI is InChI=1S/C12H16F3NO2/c1-8-4-3-5-9(11(8,2)10(17)18)16-7-6-12(13,14)15/h3-5,8,16H,6-7H2,1-2H3,(H,17,18). The smallest absolute Gasteiger partial charge is 0.390 e. The van der Waals surface area contributed by atoms with Gasteiger partial charge in [-0.1, -0.05) is 19.1 Å². The minimum atomic E-state index is -4.25. The van der Waals surface area contributed by atoms with Crippen molar-refractivity contribution in [2.45, 2.75) is 26.4 Å². The van der Waals surface area contributed by atoms with Crippen LogP contribution < -0.4 is 5.32 Å². The van der Waals surface area contributed by atoms with Crippen LogP contribution in [-0.4, -0.2) is 23.8 Å². The Morgan fingerprint density at radius 2 is 2.17 bits per heavy atom. The lowest BCUT2D eigenvalue weighted by Gasteiger charge is -2.35. The van der Waals surface area contributed by atoms with Crippen molar-refractivity contribution in [2.75, 3.05) is 6.54 Å². The summed E-state index contributed by atoms with van der Waals surface area (Å²) in [6, 6.07) is 0. The summed E-state index contributed by atoms with van der Waals surface area (Å²) < 4.78 is 36.1. The average molecular weight is 263 g/mol. The molecule has 0 saturated heterocycles. The first-order chi connectivity index (χ1) is 8.18. The zero-order valence-corrected chi connectivity index (χ0v) is 10.2. The first-order valence-electron chi connectivity index (χ1n) is 5.61. The third-order valence-electron chi connectivity index (χ3n) is 3.30. The number of hydrogen-bond donors (Lipinski definition) is 2. The third kappa shape index (κ3) is 3.05. The molecule has 18 heavy (non-hydrogen) atoms. The Morgan fingerprint density at radius 1 is 1.56 bits per heavy atom. The van der Waals surface area contributed by atoms with Crippen LogP contribution in [-0.2, 0) is 4.79 Å². The second-order valence-electron chi connectivity index (χ2n) is 4.55. The third-order valence-corrected chi connectivity index (χ3v) is 3.30. The molecule has 0 bridgehead atoms. The molecule has 2 N–H and O–H groups in total. The molecule has 0 heterocycles. The van der Waals surface area contributed by atoms with Crippen LogP contribution in [0.5, 0.6) is 0 Å². The van der Waals surface area contributed by atoms with Gasteiger partial charge >= 0.3 is 12.1 Å². The van der Waals surface area contributed by atoms with Crippen LogP contribution in [0.25, 0.3) is 0 Å². The lowest BCUT2D eigenvalue weighted by Crippen LogP contribution is -2.42. The highest BCUT2D eigenvalue weighted by Crippen LogP contribution is 2.38. The number of hydrogen-bond acceptors (Lipinski definition) is 2. The van der Waals surface area contributed by atoms with Gasteiger partial charge in [-0.2, -0.15) is 13.2 Å². The number of allylic oxidation sites excluding steroid dienone is 3. The van der Waals surface area contributed by atoms with E-state index in [9.17, 15) is 23.1 Å². The van der Waals surface area contributed by atoms with Crippen LogP contribution in [0.4, 0.5) is 13.2 Å². The van der Waals surface area contributed by atoms with Gasteiger partial charge in [0.1, 0.15) is 5.41 Å². The van der Waals surface area contributed by atoms with E-state index in [4.69, 9.17) is 0 Å². The van der Waals surface area contributed by atoms with Gasteiger partial charge in [-0.15, -0.1) is 0 Å². The van der Waals surface area contributed by atoms with Gasteiger partial charge in [-0.05, 0) is 18.9 Å². The summed E-state index contributed by atoms with van der Waals surface area (Å²) in [6.07, 6.45) is -0.333. The number of aliphatic carboxylic acids is 1. The van der Waals surface area contributed by atoms with Crippen molar-refractivity contribution in [1.82, 2.24) is 5.32 Å². The molecular weight excluding hydrogens is 247 g/mol. The van der Waals surface area contributed by atoms with Gasteiger partial charge in [0, 0.05) is 12.2 Å². The molecule has 0 aromatic rings. The van der Waals surface area contributed by atoms with Crippen LogP contribution in [0.3, 0.4) is 0 Å². The van der Waals surface area contributed by atoms with Gasteiger partial charge in [0.2, 0.25) is 0 Å². The van der Waals surface area contributed by atoms with Crippen molar-refractivity contribution in [3.05, 3.63) is 23.9 Å². The molecule has 2 atom stereocenters. The number of carboxylic acid groups (broad SMARTS) is 1. The predicted molar refractivity (Wildman–Crippen MR) is 60.8 cm³/mol. The molecule has 0 aliphatic heterocycles. The van der Waals surface area contributed by atoms with E-state index < -0.39 is 24.0 Å². The first kappa shape index (κ1) is 14.6. The fourth-order valence-corrected chi connectivity index (χ4v) is 1.82. The van der Waals surface area contributed by atoms with E-state index in [1.165, 1.54) is 13.0 Å². The highest BCUT2D eigenvalue weighted by molar-refractivity contribution is 5.79. The van der Waals surface area contributed by atoms with E-state index in [0.717, 1.165) is 0 Å². The molecule has 0 saturated carbocycles. The predicted octanol–water partition coefficient (Wildman–Crippen LogP) is 2.71. The van der Waals surface area contributed by atoms with E-state index in [0.29, 0.717) is 5.70 Å². The minimum Gasteiger partial charge on any atom is -0.481 e. The Bertz CT molecular complexity index is 387. The van der Waals surface area contributed by atoms with Crippen molar-refractivity contribution in [2.24, 2.45) is 11.3 Å². The van der Waals surface area contributed by atoms with Gasteiger partial charge in [0.25, 0.3) is 0 Å². The van der Waals surface area contributed by atoms with Crippen LogP contribution in [0.2, 0.25) is 0 Å². The topological polar surface area (TPSA) is 49.3 Å². The Hall–Kier alpha value is -1.46. The Balaban J connectivity index is 2.76. The van der Waals surface area contributed by atoms with Crippen molar-refractivity contribution in [3.63, 3.8) is 0 Å². The SMILES string of the molecule is CC1C=CC=C(NCCC(F)(F)F)C1(C)C(=O)O. The zero-order valence-electron chi connectivity index (χ0n) is 10.2. The summed E-state index contributed by atoms with van der Waals surface area (Å²) in [4.78, 5) is 11.3. The van der Waals surface area contributed by atoms with Gasteiger partial charge in [-0.3, -0.25) is 4.79 Å². The number of alkyl halides is 3. The van der Waals surface area contributed by atoms with E-state index in [2.05, 4.69) is 5.32 Å². The van der Waals surface area contributed by atoms with Crippen molar-refractivity contribution in [3.8, 4) is 0 Å². The molecule has 102 valence electrons. The monoisotopic (exact) mass is 263 g/mol. The minimum absolute atomic E-state index is 0.284. The number of rotatable bonds is 4. The van der Waals surface area contributed by atoms with Gasteiger partial charge in [0.05, 0.1) is 6.42 Å². The number of carboxylic acids is 1. The molecule has 6 heteroatoms. The van der Waals surface area contributed by atoms with Crippen LogP contribution >= 0.6 is 0 Å². The molecule has 0 aromatic heterocycles. The quantitative estimate of drug-likeness (QED) is 0.820. The summed E-state index contributed by atoms with van der Waals surface area (Å²) in [6.45, 7) is 2.91. The Labute approximate surface area is 103 Å². The van der Waals surface area contributed by atoms with Crippen LogP contribution in [0.15, 0.2) is 23.9 Å². The Kier molecular flexibility index (Phi) is 4.09. The highest BCUT2D eigenvalue weighted by Gasteiger charge is 2.43. The summed E-state index contributed by atoms with van der Waals surface area (Å²) in [5.74, 6) is -1.33. The summed E-state index contributed by atoms with van der Waals surface area (Å²) in [5, 5.41) is 11.9. The summed E-state index contributed by atoms with van der Waals surface area (Å²) >= 11 is 0. The maximum absolute atomic E-state index is 12.0. The number of nitrogens with one attached hydrogen (secondary N) is 1. The summed E-state index contributed by atoms with van der Waals surface area (Å²) in [7, 11) is 0. The van der Waals surface area contributed by atoms with Crippen molar-refractivity contribution < 1.29 is 23.1 Å². The fourth-order valence-electron chi connectivity index (χ4n) is 1.82. The molecular formula is C12H16F3NO2. The maximum Gasteiger partial charge on any atom is 0.390 e. The largest absolute Gasteiger partial charge is 0.481 e. The molecule has 1 rings (SSSR count). The average Bonchev–Trinajstić information content (AvgIpc) is 2.22. The van der Waals surface area contributed by atoms with Crippen LogP contribution in [0, 0.1) is 11.3 Å². The lowest BCUT2D eigenvalue weighted by molar-refractivity contribution is -0.147. The molecule has 0 spiro atoms. The van der Waals surface area contributed by atoms with Crippen molar-refractivity contribution >= 4 is 5.97 Å². The first-order valence-corrected chi connectivity index (χ1v) is 5.61. The molecule has 1 aliphatic carbocycles. The van der Waals surface area contributed by atoms with Crippen molar-refractivity contribution in [1.29, 1.82) is 0 Å². The fraction of sp³-hybridized carbons (Fsp3) is 0.583. The molecule has 2 unspecified atom stereocenters. The normalized spacial score (nSPS) is 27.8. The molecule has 0 amide bonds. The molecule has 0 radical (unpaired) electrons. The lowest BCUT2D eigenvalue weighted by atomic mass is 9.72. The van der Waals surface area contributed by atoms with Gasteiger partial charge in [-0.25, -0.2) is 0 Å². The molecule has 0 aromatic carbocycles. The Morgan fingerprint density at radius 3 is 2.67 bits per heavy atom. The summed E-state index contributed by atoms with van der Waals surface area (Å²) in [5.41, 5.74) is -0.894. The molecule has 0 fully saturated rings. The van der Waals surface area contributed by atoms with Crippen LogP contribution in [0.1, 0.15) is 20.3 Å². The van der Waals surface area contributed by atoms with E-state index in [1.807, 2.05) is 0 Å². The van der Waals surface area contributed by atoms with Gasteiger partial charge in [0.15, 0.2) is 0 Å².